The zero-order valence-corrected chi connectivity index (χ0v) is 14.2. The number of likely N-dealkylation sites (tertiary alicyclic amines) is 1. The molecule has 0 unspecified atom stereocenters. The molecule has 4 rings (SSSR count). The Kier molecular flexibility index (Phi) is 4.59. The van der Waals surface area contributed by atoms with E-state index in [1.807, 2.05) is 22.4 Å². The normalized spacial score (nSPS) is 22.2. The molecule has 0 N–H and O–H groups in total. The fourth-order valence-corrected chi connectivity index (χ4v) is 3.94. The van der Waals surface area contributed by atoms with Gasteiger partial charge in [-0.05, 0) is 30.8 Å². The third-order valence-electron chi connectivity index (χ3n) is 4.52. The van der Waals surface area contributed by atoms with Crippen LogP contribution in [-0.4, -0.2) is 64.7 Å². The molecule has 128 valence electrons. The van der Waals surface area contributed by atoms with Crippen LogP contribution in [0.3, 0.4) is 0 Å². The van der Waals surface area contributed by atoms with E-state index in [0.717, 1.165) is 24.3 Å². The maximum absolute atomic E-state index is 12.8. The number of hydrogen-bond acceptors (Lipinski definition) is 7. The van der Waals surface area contributed by atoms with Crippen LogP contribution in [0, 0.1) is 0 Å². The Morgan fingerprint density at radius 2 is 2.21 bits per heavy atom. The first-order chi connectivity index (χ1) is 11.8. The number of hydrogen-bond donors (Lipinski definition) is 0. The number of aromatic nitrogens is 2. The van der Waals surface area contributed by atoms with E-state index in [1.54, 1.807) is 11.3 Å². The van der Waals surface area contributed by atoms with Gasteiger partial charge in [0.1, 0.15) is 0 Å². The SMILES string of the molecule is O=C([C@@H]1CCCN1Cc1nc(-c2cccs2)no1)N1CCOCC1. The number of morpholine rings is 1. The highest BCUT2D eigenvalue weighted by atomic mass is 32.1. The van der Waals surface area contributed by atoms with Crippen molar-refractivity contribution in [2.75, 3.05) is 32.8 Å². The molecule has 0 saturated carbocycles. The highest BCUT2D eigenvalue weighted by molar-refractivity contribution is 7.13. The lowest BCUT2D eigenvalue weighted by atomic mass is 10.2. The van der Waals surface area contributed by atoms with E-state index < -0.39 is 0 Å². The van der Waals surface area contributed by atoms with E-state index in [0.29, 0.717) is 44.6 Å². The van der Waals surface area contributed by atoms with E-state index >= 15 is 0 Å². The van der Waals surface area contributed by atoms with E-state index in [4.69, 9.17) is 9.26 Å². The molecule has 2 aromatic rings. The van der Waals surface area contributed by atoms with Crippen LogP contribution in [0.4, 0.5) is 0 Å². The lowest BCUT2D eigenvalue weighted by molar-refractivity contribution is -0.140. The summed E-state index contributed by atoms with van der Waals surface area (Å²) in [4.78, 5) is 22.3. The molecule has 7 nitrogen and oxygen atoms in total. The number of nitrogens with zero attached hydrogens (tertiary/aromatic N) is 4. The van der Waals surface area contributed by atoms with Crippen LogP contribution in [0.15, 0.2) is 22.0 Å². The fraction of sp³-hybridized carbons (Fsp3) is 0.562. The summed E-state index contributed by atoms with van der Waals surface area (Å²) in [5, 5.41) is 6.04. The molecule has 2 saturated heterocycles. The van der Waals surface area contributed by atoms with Crippen molar-refractivity contribution in [3.05, 3.63) is 23.4 Å². The van der Waals surface area contributed by atoms with Crippen LogP contribution in [0.1, 0.15) is 18.7 Å². The summed E-state index contributed by atoms with van der Waals surface area (Å²) in [7, 11) is 0. The predicted octanol–water partition coefficient (Wildman–Crippen LogP) is 1.62. The van der Waals surface area contributed by atoms with Gasteiger partial charge in [-0.3, -0.25) is 9.69 Å². The molecule has 2 aliphatic rings. The molecule has 1 atom stereocenters. The molecule has 4 heterocycles. The van der Waals surface area contributed by atoms with Gasteiger partial charge in [-0.1, -0.05) is 11.2 Å². The minimum Gasteiger partial charge on any atom is -0.378 e. The van der Waals surface area contributed by atoms with Crippen molar-refractivity contribution in [1.82, 2.24) is 19.9 Å². The number of thiophene rings is 1. The van der Waals surface area contributed by atoms with Crippen LogP contribution >= 0.6 is 11.3 Å². The average Bonchev–Trinajstić information content (AvgIpc) is 3.37. The summed E-state index contributed by atoms with van der Waals surface area (Å²) in [5.41, 5.74) is 0. The third kappa shape index (κ3) is 3.22. The molecule has 0 radical (unpaired) electrons. The van der Waals surface area contributed by atoms with Crippen molar-refractivity contribution >= 4 is 17.2 Å². The number of carbonyl (C=O) groups is 1. The van der Waals surface area contributed by atoms with Gasteiger partial charge >= 0.3 is 0 Å². The van der Waals surface area contributed by atoms with E-state index in [-0.39, 0.29) is 11.9 Å². The summed E-state index contributed by atoms with van der Waals surface area (Å²) < 4.78 is 10.7. The Morgan fingerprint density at radius 1 is 1.33 bits per heavy atom. The first-order valence-electron chi connectivity index (χ1n) is 8.28. The molecule has 0 bridgehead atoms. The molecule has 2 aliphatic heterocycles. The largest absolute Gasteiger partial charge is 0.378 e. The molecule has 0 spiro atoms. The van der Waals surface area contributed by atoms with Gasteiger partial charge in [0, 0.05) is 13.1 Å². The Bertz CT molecular complexity index is 681. The van der Waals surface area contributed by atoms with Crippen molar-refractivity contribution in [3.8, 4) is 10.7 Å². The maximum Gasteiger partial charge on any atom is 0.241 e. The van der Waals surface area contributed by atoms with Gasteiger partial charge in [0.25, 0.3) is 0 Å². The summed E-state index contributed by atoms with van der Waals surface area (Å²) in [5.74, 6) is 1.39. The van der Waals surface area contributed by atoms with Gasteiger partial charge in [-0.15, -0.1) is 11.3 Å². The highest BCUT2D eigenvalue weighted by Crippen LogP contribution is 2.24. The molecular weight excluding hydrogens is 328 g/mol. The van der Waals surface area contributed by atoms with E-state index in [9.17, 15) is 4.79 Å². The molecule has 1 amide bonds. The molecule has 0 aliphatic carbocycles. The maximum atomic E-state index is 12.8. The lowest BCUT2D eigenvalue weighted by Gasteiger charge is -2.32. The quantitative estimate of drug-likeness (QED) is 0.836. The Hall–Kier alpha value is -1.77. The minimum atomic E-state index is -0.0832. The second-order valence-electron chi connectivity index (χ2n) is 6.06. The van der Waals surface area contributed by atoms with E-state index in [1.165, 1.54) is 0 Å². The molecule has 2 aromatic heterocycles. The lowest BCUT2D eigenvalue weighted by Crippen LogP contribution is -2.49. The third-order valence-corrected chi connectivity index (χ3v) is 5.39. The van der Waals surface area contributed by atoms with Crippen molar-refractivity contribution < 1.29 is 14.1 Å². The molecular formula is C16H20N4O3S. The second kappa shape index (κ2) is 7.00. The Morgan fingerprint density at radius 3 is 3.00 bits per heavy atom. The Labute approximate surface area is 144 Å². The standard InChI is InChI=1S/C16H20N4O3S/c21-16(19-6-8-22-9-7-19)12-3-1-5-20(12)11-14-17-15(18-23-14)13-4-2-10-24-13/h2,4,10,12H,1,3,5-9,11H2/t12-/m0/s1. The van der Waals surface area contributed by atoms with Crippen LogP contribution in [0.2, 0.25) is 0 Å². The molecule has 0 aromatic carbocycles. The van der Waals surface area contributed by atoms with Crippen molar-refractivity contribution in [3.63, 3.8) is 0 Å². The zero-order valence-electron chi connectivity index (χ0n) is 13.4. The van der Waals surface area contributed by atoms with Gasteiger partial charge in [0.05, 0.1) is 30.7 Å². The fourth-order valence-electron chi connectivity index (χ4n) is 3.29. The molecule has 24 heavy (non-hydrogen) atoms. The van der Waals surface area contributed by atoms with Crippen molar-refractivity contribution in [2.45, 2.75) is 25.4 Å². The smallest absolute Gasteiger partial charge is 0.241 e. The van der Waals surface area contributed by atoms with Gasteiger partial charge in [-0.2, -0.15) is 4.98 Å². The number of rotatable bonds is 4. The van der Waals surface area contributed by atoms with Crippen LogP contribution < -0.4 is 0 Å². The second-order valence-corrected chi connectivity index (χ2v) is 7.00. The van der Waals surface area contributed by atoms with E-state index in [2.05, 4.69) is 15.0 Å². The molecule has 2 fully saturated rings. The molecule has 8 heteroatoms. The van der Waals surface area contributed by atoms with Gasteiger partial charge in [0.2, 0.25) is 17.6 Å². The zero-order chi connectivity index (χ0) is 16.4. The average molecular weight is 348 g/mol. The van der Waals surface area contributed by atoms with Crippen LogP contribution in [0.25, 0.3) is 10.7 Å². The van der Waals surface area contributed by atoms with Gasteiger partial charge in [-0.25, -0.2) is 0 Å². The monoisotopic (exact) mass is 348 g/mol. The van der Waals surface area contributed by atoms with Gasteiger partial charge in [0.15, 0.2) is 0 Å². The summed E-state index contributed by atoms with van der Waals surface area (Å²) in [6.07, 6.45) is 1.91. The van der Waals surface area contributed by atoms with Crippen LogP contribution in [-0.2, 0) is 16.1 Å². The Balaban J connectivity index is 1.42. The first-order valence-corrected chi connectivity index (χ1v) is 9.16. The van der Waals surface area contributed by atoms with Gasteiger partial charge < -0.3 is 14.2 Å². The summed E-state index contributed by atoms with van der Waals surface area (Å²) in [6, 6.07) is 3.85. The minimum absolute atomic E-state index is 0.0832. The van der Waals surface area contributed by atoms with Crippen molar-refractivity contribution in [1.29, 1.82) is 0 Å². The number of ether oxygens (including phenoxy) is 1. The first kappa shape index (κ1) is 15.7. The topological polar surface area (TPSA) is 71.7 Å². The van der Waals surface area contributed by atoms with Crippen molar-refractivity contribution in [2.24, 2.45) is 0 Å². The van der Waals surface area contributed by atoms with Crippen LogP contribution in [0.5, 0.6) is 0 Å². The number of amides is 1. The number of carbonyl (C=O) groups excluding carboxylic acids is 1. The summed E-state index contributed by atoms with van der Waals surface area (Å²) >= 11 is 1.59. The highest BCUT2D eigenvalue weighted by Gasteiger charge is 2.35. The summed E-state index contributed by atoms with van der Waals surface area (Å²) in [6.45, 7) is 4.05. The predicted molar refractivity (Wildman–Crippen MR) is 88.4 cm³/mol.